The SMILES string of the molecule is Oc1c[c-]c(-c2ccccn2)cc1.[Ir+3].[c-]1ccc(-c2ccccc2)cc1-c1ccccn1.[c-]1ccc(-c2ccccc2)cc1-c1ccccn1. The number of pyridine rings is 3. The second-order valence-corrected chi connectivity index (χ2v) is 10.8. The van der Waals surface area contributed by atoms with Gasteiger partial charge in [-0.1, -0.05) is 97.1 Å². The quantitative estimate of drug-likeness (QED) is 0.176. The van der Waals surface area contributed by atoms with Crippen LogP contribution < -0.4 is 0 Å². The van der Waals surface area contributed by atoms with Gasteiger partial charge in [-0.25, -0.2) is 0 Å². The van der Waals surface area contributed by atoms with E-state index in [1.165, 1.54) is 28.3 Å². The van der Waals surface area contributed by atoms with Crippen LogP contribution in [0, 0.1) is 18.2 Å². The van der Waals surface area contributed by atoms with Crippen LogP contribution in [0.3, 0.4) is 0 Å². The van der Waals surface area contributed by atoms with Gasteiger partial charge in [-0.2, -0.15) is 0 Å². The Morgan fingerprint density at radius 3 is 1.18 bits per heavy atom. The van der Waals surface area contributed by atoms with E-state index in [0.29, 0.717) is 0 Å². The normalized spacial score (nSPS) is 9.92. The van der Waals surface area contributed by atoms with Crippen LogP contribution in [0.4, 0.5) is 0 Å². The fraction of sp³-hybridized carbons (Fsp3) is 0. The van der Waals surface area contributed by atoms with Gasteiger partial charge in [-0.3, -0.25) is 0 Å². The van der Waals surface area contributed by atoms with Crippen LogP contribution >= 0.6 is 0 Å². The Bertz CT molecular complexity index is 1920. The van der Waals surface area contributed by atoms with Crippen molar-refractivity contribution in [2.45, 2.75) is 0 Å². The van der Waals surface area contributed by atoms with Gasteiger partial charge in [0.25, 0.3) is 0 Å². The molecule has 0 atom stereocenters. The largest absolute Gasteiger partial charge is 3.00 e. The number of aromatic hydroxyl groups is 1. The maximum Gasteiger partial charge on any atom is 3.00 e. The van der Waals surface area contributed by atoms with E-state index in [2.05, 4.69) is 81.7 Å². The van der Waals surface area contributed by atoms with Crippen LogP contribution in [0.25, 0.3) is 56.0 Å². The molecule has 4 nitrogen and oxygen atoms in total. The average Bonchev–Trinajstić information content (AvgIpc) is 3.20. The molecule has 50 heavy (non-hydrogen) atoms. The summed E-state index contributed by atoms with van der Waals surface area (Å²) in [5, 5.41) is 9.05. The van der Waals surface area contributed by atoms with Crippen LogP contribution in [-0.2, 0) is 20.1 Å². The number of aromatic nitrogens is 3. The fourth-order valence-corrected chi connectivity index (χ4v) is 4.99. The average molecular weight is 823 g/mol. The molecule has 5 aromatic carbocycles. The minimum absolute atomic E-state index is 0. The third kappa shape index (κ3) is 10.0. The van der Waals surface area contributed by atoms with Crippen molar-refractivity contribution in [1.29, 1.82) is 0 Å². The molecular formula is C45H32IrN3O. The fourth-order valence-electron chi connectivity index (χ4n) is 4.99. The minimum atomic E-state index is 0. The Balaban J connectivity index is 0.000000147. The third-order valence-corrected chi connectivity index (χ3v) is 7.44. The van der Waals surface area contributed by atoms with Crippen molar-refractivity contribution in [1.82, 2.24) is 15.0 Å². The molecule has 3 heterocycles. The maximum absolute atomic E-state index is 9.05. The smallest absolute Gasteiger partial charge is 0.551 e. The van der Waals surface area contributed by atoms with Gasteiger partial charge in [-0.15, -0.1) is 101 Å². The first-order valence-electron chi connectivity index (χ1n) is 15.8. The predicted octanol–water partition coefficient (Wildman–Crippen LogP) is 10.7. The molecule has 242 valence electrons. The summed E-state index contributed by atoms with van der Waals surface area (Å²) in [4.78, 5) is 12.9. The molecule has 0 amide bonds. The Morgan fingerprint density at radius 1 is 0.380 bits per heavy atom. The van der Waals surface area contributed by atoms with Crippen LogP contribution in [0.1, 0.15) is 0 Å². The maximum atomic E-state index is 9.05. The molecule has 0 radical (unpaired) electrons. The van der Waals surface area contributed by atoms with Crippen molar-refractivity contribution in [3.63, 3.8) is 0 Å². The molecule has 1 N–H and O–H groups in total. The van der Waals surface area contributed by atoms with Gasteiger partial charge >= 0.3 is 20.1 Å². The molecule has 0 aliphatic rings. The van der Waals surface area contributed by atoms with E-state index < -0.39 is 0 Å². The summed E-state index contributed by atoms with van der Waals surface area (Å²) in [5.74, 6) is 0.222. The second kappa shape index (κ2) is 18.5. The summed E-state index contributed by atoms with van der Waals surface area (Å²) in [7, 11) is 0. The van der Waals surface area contributed by atoms with Crippen LogP contribution in [-0.4, -0.2) is 20.1 Å². The summed E-state index contributed by atoms with van der Waals surface area (Å²) < 4.78 is 0. The Morgan fingerprint density at radius 2 is 0.800 bits per heavy atom. The number of phenolic OH excluding ortho intramolecular Hbond substituents is 1. The molecular weight excluding hydrogens is 791 g/mol. The molecule has 0 aliphatic heterocycles. The number of hydrogen-bond acceptors (Lipinski definition) is 4. The van der Waals surface area contributed by atoms with Gasteiger partial charge in [0.2, 0.25) is 0 Å². The molecule has 8 rings (SSSR count). The summed E-state index contributed by atoms with van der Waals surface area (Å²) in [6, 6.07) is 64.8. The molecule has 8 aromatic rings. The Labute approximate surface area is 307 Å². The van der Waals surface area contributed by atoms with E-state index in [-0.39, 0.29) is 25.9 Å². The van der Waals surface area contributed by atoms with Gasteiger partial charge < -0.3 is 20.1 Å². The summed E-state index contributed by atoms with van der Waals surface area (Å²) in [6.45, 7) is 0. The molecule has 0 spiro atoms. The van der Waals surface area contributed by atoms with E-state index in [9.17, 15) is 0 Å². The zero-order chi connectivity index (χ0) is 33.5. The zero-order valence-electron chi connectivity index (χ0n) is 27.0. The molecule has 5 heteroatoms. The van der Waals surface area contributed by atoms with E-state index in [1.54, 1.807) is 30.7 Å². The molecule has 0 saturated heterocycles. The van der Waals surface area contributed by atoms with Crippen molar-refractivity contribution < 1.29 is 25.2 Å². The topological polar surface area (TPSA) is 58.9 Å². The van der Waals surface area contributed by atoms with Crippen LogP contribution in [0.5, 0.6) is 5.75 Å². The Kier molecular flexibility index (Phi) is 13.1. The van der Waals surface area contributed by atoms with Crippen molar-refractivity contribution >= 4 is 0 Å². The van der Waals surface area contributed by atoms with E-state index in [0.717, 1.165) is 33.8 Å². The Hall–Kier alpha value is -6.00. The van der Waals surface area contributed by atoms with Gasteiger partial charge in [0.15, 0.2) is 0 Å². The molecule has 0 saturated carbocycles. The number of benzene rings is 5. The molecule has 0 unspecified atom stereocenters. The van der Waals surface area contributed by atoms with Gasteiger partial charge in [-0.05, 0) is 46.4 Å². The summed E-state index contributed by atoms with van der Waals surface area (Å²) in [6.07, 6.45) is 5.34. The third-order valence-electron chi connectivity index (χ3n) is 7.44. The first-order chi connectivity index (χ1) is 24.2. The standard InChI is InChI=1S/2C17H12N.C11H8NO.Ir/c2*1-2-7-14(8-3-1)15-9-6-10-16(13-15)17-11-4-5-12-18-17;13-10-6-4-9(5-7-10)11-3-1-2-8-12-11;/h2*1-9,11-13H;1-4,6-8,13H;/q3*-1;+3. The summed E-state index contributed by atoms with van der Waals surface area (Å²) in [5.41, 5.74) is 10.5. The van der Waals surface area contributed by atoms with E-state index in [4.69, 9.17) is 5.11 Å². The first-order valence-corrected chi connectivity index (χ1v) is 15.8. The monoisotopic (exact) mass is 823 g/mol. The van der Waals surface area contributed by atoms with Gasteiger partial charge in [0, 0.05) is 24.3 Å². The van der Waals surface area contributed by atoms with Crippen molar-refractivity contribution in [3.8, 4) is 61.8 Å². The van der Waals surface area contributed by atoms with Crippen LogP contribution in [0.15, 0.2) is 188 Å². The van der Waals surface area contributed by atoms with Crippen molar-refractivity contribution in [2.75, 3.05) is 0 Å². The zero-order valence-corrected chi connectivity index (χ0v) is 29.4. The number of phenols is 1. The van der Waals surface area contributed by atoms with E-state index in [1.807, 2.05) is 103 Å². The molecule has 0 fully saturated rings. The predicted molar refractivity (Wildman–Crippen MR) is 198 cm³/mol. The molecule has 3 aromatic heterocycles. The second-order valence-electron chi connectivity index (χ2n) is 10.8. The van der Waals surface area contributed by atoms with Crippen molar-refractivity contribution in [2.24, 2.45) is 0 Å². The van der Waals surface area contributed by atoms with Gasteiger partial charge in [0.05, 0.1) is 0 Å². The van der Waals surface area contributed by atoms with Crippen molar-refractivity contribution in [3.05, 3.63) is 207 Å². The first kappa shape index (κ1) is 35.3. The number of nitrogens with zero attached hydrogens (tertiary/aromatic N) is 3. The summed E-state index contributed by atoms with van der Waals surface area (Å²) >= 11 is 0. The molecule has 0 bridgehead atoms. The number of hydrogen-bond donors (Lipinski definition) is 1. The van der Waals surface area contributed by atoms with Crippen LogP contribution in [0.2, 0.25) is 0 Å². The number of rotatable bonds is 5. The van der Waals surface area contributed by atoms with E-state index >= 15 is 0 Å². The molecule has 0 aliphatic carbocycles. The minimum Gasteiger partial charge on any atom is -0.551 e. The van der Waals surface area contributed by atoms with Gasteiger partial charge in [0.1, 0.15) is 0 Å².